The lowest BCUT2D eigenvalue weighted by Crippen LogP contribution is -2.30. The largest absolute Gasteiger partial charge is 0.482 e. The molecule has 28 heavy (non-hydrogen) atoms. The molecule has 0 saturated carbocycles. The maximum absolute atomic E-state index is 13.0. The number of amides is 1. The van der Waals surface area contributed by atoms with Crippen LogP contribution in [-0.4, -0.2) is 45.7 Å². The molecule has 0 aliphatic carbocycles. The first-order chi connectivity index (χ1) is 13.4. The molecule has 0 atom stereocenters. The molecule has 0 aromatic heterocycles. The van der Waals surface area contributed by atoms with Crippen LogP contribution in [-0.2, 0) is 21.2 Å². The van der Waals surface area contributed by atoms with Gasteiger partial charge < -0.3 is 15.2 Å². The summed E-state index contributed by atoms with van der Waals surface area (Å²) in [6.45, 7) is 0.466. The van der Waals surface area contributed by atoms with Gasteiger partial charge in [0.1, 0.15) is 5.75 Å². The summed E-state index contributed by atoms with van der Waals surface area (Å²) in [4.78, 5) is 11.7. The molecular formula is C19H21ClN2O5S. The quantitative estimate of drug-likeness (QED) is 0.631. The summed E-state index contributed by atoms with van der Waals surface area (Å²) in [6.07, 6.45) is 1.12. The van der Waals surface area contributed by atoms with Crippen molar-refractivity contribution >= 4 is 33.2 Å². The maximum atomic E-state index is 13.0. The molecule has 0 spiro atoms. The van der Waals surface area contributed by atoms with Crippen LogP contribution in [0.1, 0.15) is 12.0 Å². The SMILES string of the molecule is O=C(COc1ccc(S(=O)(=O)N2CCc3ccccc32)cc1Cl)NCCCO. The van der Waals surface area contributed by atoms with Crippen LogP contribution >= 0.6 is 11.6 Å². The van der Waals surface area contributed by atoms with Gasteiger partial charge in [-0.3, -0.25) is 9.10 Å². The van der Waals surface area contributed by atoms with Crippen molar-refractivity contribution in [2.24, 2.45) is 0 Å². The summed E-state index contributed by atoms with van der Waals surface area (Å²) in [6, 6.07) is 11.6. The lowest BCUT2D eigenvalue weighted by Gasteiger charge is -2.20. The number of hydrogen-bond donors (Lipinski definition) is 2. The molecular weight excluding hydrogens is 404 g/mol. The third-order valence-electron chi connectivity index (χ3n) is 4.35. The van der Waals surface area contributed by atoms with Crippen molar-refractivity contribution in [3.8, 4) is 5.75 Å². The van der Waals surface area contributed by atoms with Crippen LogP contribution in [0.15, 0.2) is 47.4 Å². The highest BCUT2D eigenvalue weighted by molar-refractivity contribution is 7.92. The van der Waals surface area contributed by atoms with Gasteiger partial charge in [0.25, 0.3) is 15.9 Å². The molecule has 1 heterocycles. The van der Waals surface area contributed by atoms with Gasteiger partial charge >= 0.3 is 0 Å². The predicted molar refractivity (Wildman–Crippen MR) is 106 cm³/mol. The second-order valence-corrected chi connectivity index (χ2v) is 8.53. The van der Waals surface area contributed by atoms with Gasteiger partial charge in [0.2, 0.25) is 0 Å². The molecule has 2 aromatic carbocycles. The van der Waals surface area contributed by atoms with E-state index in [9.17, 15) is 13.2 Å². The standard InChI is InChI=1S/C19H21ClN2O5S/c20-16-12-15(6-7-18(16)27-13-19(24)21-9-3-11-23)28(25,26)22-10-8-14-4-1-2-5-17(14)22/h1-2,4-7,12,23H,3,8-11,13H2,(H,21,24). The Morgan fingerprint density at radius 3 is 2.79 bits per heavy atom. The minimum Gasteiger partial charge on any atom is -0.482 e. The second-order valence-electron chi connectivity index (χ2n) is 6.26. The lowest BCUT2D eigenvalue weighted by molar-refractivity contribution is -0.123. The fraction of sp³-hybridized carbons (Fsp3) is 0.316. The van der Waals surface area contributed by atoms with Crippen molar-refractivity contribution in [1.82, 2.24) is 5.32 Å². The molecule has 2 N–H and O–H groups in total. The lowest BCUT2D eigenvalue weighted by atomic mass is 10.2. The van der Waals surface area contributed by atoms with Crippen LogP contribution in [0.2, 0.25) is 5.02 Å². The molecule has 0 bridgehead atoms. The van der Waals surface area contributed by atoms with E-state index >= 15 is 0 Å². The van der Waals surface area contributed by atoms with Crippen molar-refractivity contribution in [2.45, 2.75) is 17.7 Å². The molecule has 2 aromatic rings. The summed E-state index contributed by atoms with van der Waals surface area (Å²) in [5, 5.41) is 11.4. The first-order valence-electron chi connectivity index (χ1n) is 8.84. The normalized spacial score (nSPS) is 13.3. The van der Waals surface area contributed by atoms with E-state index in [-0.39, 0.29) is 34.8 Å². The zero-order chi connectivity index (χ0) is 20.1. The number of sulfonamides is 1. The van der Waals surface area contributed by atoms with Crippen LogP contribution in [0.4, 0.5) is 5.69 Å². The number of aliphatic hydroxyl groups is 1. The van der Waals surface area contributed by atoms with E-state index in [1.807, 2.05) is 18.2 Å². The molecule has 150 valence electrons. The Balaban J connectivity index is 1.71. The molecule has 7 nitrogen and oxygen atoms in total. The van der Waals surface area contributed by atoms with Gasteiger partial charge in [-0.25, -0.2) is 8.42 Å². The highest BCUT2D eigenvalue weighted by Gasteiger charge is 2.31. The van der Waals surface area contributed by atoms with Crippen LogP contribution < -0.4 is 14.4 Å². The Bertz CT molecular complexity index is 965. The van der Waals surface area contributed by atoms with Gasteiger partial charge in [-0.15, -0.1) is 0 Å². The summed E-state index contributed by atoms with van der Waals surface area (Å²) in [7, 11) is -3.75. The number of para-hydroxylation sites is 1. The smallest absolute Gasteiger partial charge is 0.264 e. The van der Waals surface area contributed by atoms with Gasteiger partial charge in [0.05, 0.1) is 15.6 Å². The number of nitrogens with one attached hydrogen (secondary N) is 1. The topological polar surface area (TPSA) is 95.9 Å². The minimum atomic E-state index is -3.75. The number of benzene rings is 2. The Morgan fingerprint density at radius 2 is 2.04 bits per heavy atom. The number of anilines is 1. The van der Waals surface area contributed by atoms with E-state index in [0.717, 1.165) is 5.56 Å². The number of rotatable bonds is 8. The Kier molecular flexibility index (Phi) is 6.43. The molecule has 0 fully saturated rings. The van der Waals surface area contributed by atoms with E-state index in [2.05, 4.69) is 5.32 Å². The number of halogens is 1. The molecule has 0 radical (unpaired) electrons. The molecule has 1 aliphatic heterocycles. The zero-order valence-electron chi connectivity index (χ0n) is 15.1. The number of nitrogens with zero attached hydrogens (tertiary/aromatic N) is 1. The van der Waals surface area contributed by atoms with Crippen molar-refractivity contribution in [1.29, 1.82) is 0 Å². The third-order valence-corrected chi connectivity index (χ3v) is 6.46. The van der Waals surface area contributed by atoms with E-state index in [4.69, 9.17) is 21.4 Å². The molecule has 0 unspecified atom stereocenters. The fourth-order valence-electron chi connectivity index (χ4n) is 2.95. The van der Waals surface area contributed by atoms with Gasteiger partial charge in [-0.1, -0.05) is 29.8 Å². The van der Waals surface area contributed by atoms with Gasteiger partial charge in [0, 0.05) is 19.7 Å². The number of carbonyl (C=O) groups is 1. The van der Waals surface area contributed by atoms with Crippen molar-refractivity contribution in [3.05, 3.63) is 53.1 Å². The zero-order valence-corrected chi connectivity index (χ0v) is 16.7. The number of ether oxygens (including phenoxy) is 1. The first kappa shape index (κ1) is 20.4. The van der Waals surface area contributed by atoms with Crippen molar-refractivity contribution in [3.63, 3.8) is 0 Å². The Hall–Kier alpha value is -2.29. The highest BCUT2D eigenvalue weighted by atomic mass is 35.5. The summed E-state index contributed by atoms with van der Waals surface area (Å²) < 4.78 is 32.8. The Morgan fingerprint density at radius 1 is 1.25 bits per heavy atom. The number of carbonyl (C=O) groups excluding carboxylic acids is 1. The average Bonchev–Trinajstić information content (AvgIpc) is 3.12. The predicted octanol–water partition coefficient (Wildman–Crippen LogP) is 1.97. The molecule has 1 amide bonds. The van der Waals surface area contributed by atoms with E-state index in [0.29, 0.717) is 31.6 Å². The summed E-state index contributed by atoms with van der Waals surface area (Å²) >= 11 is 6.18. The monoisotopic (exact) mass is 424 g/mol. The first-order valence-corrected chi connectivity index (χ1v) is 10.7. The molecule has 0 saturated heterocycles. The van der Waals surface area contributed by atoms with Gasteiger partial charge in [-0.2, -0.15) is 0 Å². The number of aliphatic hydroxyl groups excluding tert-OH is 1. The fourth-order valence-corrected chi connectivity index (χ4v) is 4.77. The van der Waals surface area contributed by atoms with Gasteiger partial charge in [-0.05, 0) is 42.7 Å². The minimum absolute atomic E-state index is 0.00953. The van der Waals surface area contributed by atoms with E-state index < -0.39 is 10.0 Å². The average molecular weight is 425 g/mol. The van der Waals surface area contributed by atoms with Gasteiger partial charge in [0.15, 0.2) is 6.61 Å². The van der Waals surface area contributed by atoms with Crippen LogP contribution in [0, 0.1) is 0 Å². The highest BCUT2D eigenvalue weighted by Crippen LogP contribution is 2.34. The number of fused-ring (bicyclic) bond motifs is 1. The van der Waals surface area contributed by atoms with Crippen molar-refractivity contribution in [2.75, 3.05) is 30.6 Å². The summed E-state index contributed by atoms with van der Waals surface area (Å²) in [5.74, 6) is -0.130. The van der Waals surface area contributed by atoms with E-state index in [1.165, 1.54) is 22.5 Å². The number of hydrogen-bond acceptors (Lipinski definition) is 5. The summed E-state index contributed by atoms with van der Waals surface area (Å²) in [5.41, 5.74) is 1.67. The maximum Gasteiger partial charge on any atom is 0.264 e. The van der Waals surface area contributed by atoms with Crippen LogP contribution in [0.3, 0.4) is 0 Å². The molecule has 9 heteroatoms. The van der Waals surface area contributed by atoms with Crippen molar-refractivity contribution < 1.29 is 23.1 Å². The molecule has 3 rings (SSSR count). The van der Waals surface area contributed by atoms with Crippen LogP contribution in [0.25, 0.3) is 0 Å². The van der Waals surface area contributed by atoms with Crippen LogP contribution in [0.5, 0.6) is 5.75 Å². The second kappa shape index (κ2) is 8.81. The Labute approximate surface area is 168 Å². The molecule has 1 aliphatic rings. The third kappa shape index (κ3) is 4.40. The van der Waals surface area contributed by atoms with E-state index in [1.54, 1.807) is 6.07 Å².